The van der Waals surface area contributed by atoms with Gasteiger partial charge in [0.2, 0.25) is 11.8 Å². The summed E-state index contributed by atoms with van der Waals surface area (Å²) in [6.45, 7) is 4.10. The highest BCUT2D eigenvalue weighted by Gasteiger charge is 2.19. The molecule has 0 spiro atoms. The van der Waals surface area contributed by atoms with Crippen molar-refractivity contribution in [1.82, 2.24) is 4.98 Å². The van der Waals surface area contributed by atoms with Crippen molar-refractivity contribution in [3.63, 3.8) is 0 Å². The van der Waals surface area contributed by atoms with Crippen molar-refractivity contribution < 1.29 is 9.47 Å². The fourth-order valence-corrected chi connectivity index (χ4v) is 2.69. The van der Waals surface area contributed by atoms with Crippen LogP contribution in [0.3, 0.4) is 0 Å². The van der Waals surface area contributed by atoms with Crippen molar-refractivity contribution in [1.29, 1.82) is 0 Å². The van der Waals surface area contributed by atoms with Crippen molar-refractivity contribution in [3.05, 3.63) is 10.0 Å². The molecule has 0 aliphatic rings. The lowest BCUT2D eigenvalue weighted by molar-refractivity contribution is 0.363. The number of hydrogen-bond acceptors (Lipinski definition) is 4. The van der Waals surface area contributed by atoms with Crippen LogP contribution in [0.1, 0.15) is 13.8 Å². The second-order valence-corrected chi connectivity index (χ2v) is 5.60. The van der Waals surface area contributed by atoms with Gasteiger partial charge in [0, 0.05) is 5.25 Å². The van der Waals surface area contributed by atoms with E-state index < -0.39 is 0 Å². The van der Waals surface area contributed by atoms with Crippen LogP contribution in [-0.4, -0.2) is 24.5 Å². The maximum atomic E-state index is 6.14. The lowest BCUT2D eigenvalue weighted by Crippen LogP contribution is -1.98. The molecule has 1 rings (SSSR count). The summed E-state index contributed by atoms with van der Waals surface area (Å²) in [5.74, 6) is 0.650. The Hall–Kier alpha value is -0.320. The lowest BCUT2D eigenvalue weighted by atomic mass is 10.4. The van der Waals surface area contributed by atoms with Crippen LogP contribution in [0.4, 0.5) is 0 Å². The van der Waals surface area contributed by atoms with Crippen LogP contribution in [0.5, 0.6) is 11.8 Å². The predicted octanol–water partition coefficient (Wildman–Crippen LogP) is 3.91. The van der Waals surface area contributed by atoms with Gasteiger partial charge in [-0.05, 0) is 0 Å². The summed E-state index contributed by atoms with van der Waals surface area (Å²) in [6, 6.07) is 0. The van der Waals surface area contributed by atoms with Crippen LogP contribution in [0.2, 0.25) is 10.0 Å². The number of thioether (sulfide) groups is 1. The van der Waals surface area contributed by atoms with E-state index in [0.717, 1.165) is 4.90 Å². The molecule has 1 aromatic heterocycles. The minimum atomic E-state index is 0.325. The molecule has 0 fully saturated rings. The van der Waals surface area contributed by atoms with E-state index in [4.69, 9.17) is 32.7 Å². The minimum absolute atomic E-state index is 0.325. The topological polar surface area (TPSA) is 31.4 Å². The molecule has 1 aromatic rings. The Bertz CT molecular complexity index is 357. The van der Waals surface area contributed by atoms with Crippen molar-refractivity contribution in [2.45, 2.75) is 24.0 Å². The third kappa shape index (κ3) is 2.87. The Kier molecular flexibility index (Phi) is 5.02. The molecule has 0 aliphatic carbocycles. The number of aromatic nitrogens is 1. The molecule has 0 saturated carbocycles. The maximum absolute atomic E-state index is 6.14. The number of pyridine rings is 1. The largest absolute Gasteiger partial charge is 0.480 e. The van der Waals surface area contributed by atoms with E-state index in [0.29, 0.717) is 27.1 Å². The number of methoxy groups -OCH3 is 2. The molecule has 1 heterocycles. The average Bonchev–Trinajstić information content (AvgIpc) is 2.24. The summed E-state index contributed by atoms with van der Waals surface area (Å²) < 4.78 is 10.1. The van der Waals surface area contributed by atoms with Gasteiger partial charge in [-0.3, -0.25) is 0 Å². The Labute approximate surface area is 109 Å². The molecule has 0 unspecified atom stereocenters. The molecule has 90 valence electrons. The van der Waals surface area contributed by atoms with Crippen LogP contribution in [-0.2, 0) is 0 Å². The van der Waals surface area contributed by atoms with Crippen LogP contribution in [0.25, 0.3) is 0 Å². The fraction of sp³-hybridized carbons (Fsp3) is 0.500. The Morgan fingerprint density at radius 2 is 1.50 bits per heavy atom. The first-order chi connectivity index (χ1) is 7.51. The first-order valence-corrected chi connectivity index (χ1v) is 6.28. The normalized spacial score (nSPS) is 10.7. The Morgan fingerprint density at radius 3 is 1.81 bits per heavy atom. The molecule has 0 N–H and O–H groups in total. The summed E-state index contributed by atoms with van der Waals surface area (Å²) in [7, 11) is 3.01. The molecular formula is C10H13Cl2NO2S. The van der Waals surface area contributed by atoms with Gasteiger partial charge in [-0.25, -0.2) is 0 Å². The summed E-state index contributed by atoms with van der Waals surface area (Å²) >= 11 is 13.8. The van der Waals surface area contributed by atoms with E-state index in [-0.39, 0.29) is 0 Å². The molecular weight excluding hydrogens is 269 g/mol. The molecule has 0 amide bonds. The summed E-state index contributed by atoms with van der Waals surface area (Å²) in [5.41, 5.74) is 0. The second-order valence-electron chi connectivity index (χ2n) is 3.25. The first kappa shape index (κ1) is 13.7. The smallest absolute Gasteiger partial charge is 0.236 e. The maximum Gasteiger partial charge on any atom is 0.236 e. The number of hydrogen-bond donors (Lipinski definition) is 0. The Balaban J connectivity index is 3.31. The zero-order chi connectivity index (χ0) is 12.3. The van der Waals surface area contributed by atoms with E-state index in [2.05, 4.69) is 18.8 Å². The van der Waals surface area contributed by atoms with Crippen molar-refractivity contribution >= 4 is 35.0 Å². The van der Waals surface area contributed by atoms with E-state index in [9.17, 15) is 0 Å². The summed E-state index contributed by atoms with van der Waals surface area (Å²) in [6.07, 6.45) is 0. The van der Waals surface area contributed by atoms with E-state index >= 15 is 0 Å². The number of halogens is 2. The first-order valence-electron chi connectivity index (χ1n) is 4.64. The molecule has 0 aromatic carbocycles. The zero-order valence-electron chi connectivity index (χ0n) is 9.51. The average molecular weight is 282 g/mol. The highest BCUT2D eigenvalue weighted by molar-refractivity contribution is 8.00. The molecule has 0 saturated heterocycles. The quantitative estimate of drug-likeness (QED) is 0.784. The molecule has 3 nitrogen and oxygen atoms in total. The third-order valence-corrected chi connectivity index (χ3v) is 3.76. The van der Waals surface area contributed by atoms with Gasteiger partial charge >= 0.3 is 0 Å². The van der Waals surface area contributed by atoms with Crippen LogP contribution >= 0.6 is 35.0 Å². The van der Waals surface area contributed by atoms with Crippen LogP contribution in [0, 0.1) is 0 Å². The number of ether oxygens (including phenoxy) is 2. The molecule has 0 atom stereocenters. The standard InChI is InChI=1S/C10H13Cl2NO2S/c1-5(2)16-8-6(11)9(14-3)13-10(15-4)7(8)12/h5H,1-4H3. The molecule has 0 bridgehead atoms. The van der Waals surface area contributed by atoms with Gasteiger partial charge in [0.05, 0.1) is 19.1 Å². The molecule has 16 heavy (non-hydrogen) atoms. The molecule has 0 radical (unpaired) electrons. The van der Waals surface area contributed by atoms with E-state index in [1.54, 1.807) is 11.8 Å². The van der Waals surface area contributed by atoms with Gasteiger partial charge in [0.15, 0.2) is 0 Å². The predicted molar refractivity (Wildman–Crippen MR) is 68.4 cm³/mol. The highest BCUT2D eigenvalue weighted by atomic mass is 35.5. The van der Waals surface area contributed by atoms with Crippen LogP contribution < -0.4 is 9.47 Å². The van der Waals surface area contributed by atoms with Gasteiger partial charge in [0.25, 0.3) is 0 Å². The van der Waals surface area contributed by atoms with E-state index in [1.165, 1.54) is 14.2 Å². The SMILES string of the molecule is COc1nc(OC)c(Cl)c(SC(C)C)c1Cl. The third-order valence-electron chi connectivity index (χ3n) is 1.72. The minimum Gasteiger partial charge on any atom is -0.480 e. The summed E-state index contributed by atoms with van der Waals surface area (Å²) in [5, 5.41) is 1.20. The molecule has 6 heteroatoms. The fourth-order valence-electron chi connectivity index (χ4n) is 1.09. The zero-order valence-corrected chi connectivity index (χ0v) is 11.8. The number of nitrogens with zero attached hydrogens (tertiary/aromatic N) is 1. The highest BCUT2D eigenvalue weighted by Crippen LogP contribution is 2.44. The Morgan fingerprint density at radius 1 is 1.06 bits per heavy atom. The monoisotopic (exact) mass is 281 g/mol. The van der Waals surface area contributed by atoms with Crippen molar-refractivity contribution in [2.24, 2.45) is 0 Å². The molecule has 0 aliphatic heterocycles. The van der Waals surface area contributed by atoms with Gasteiger partial charge in [-0.1, -0.05) is 37.0 Å². The summed E-state index contributed by atoms with van der Waals surface area (Å²) in [4.78, 5) is 4.79. The van der Waals surface area contributed by atoms with Crippen LogP contribution in [0.15, 0.2) is 4.90 Å². The second kappa shape index (κ2) is 5.84. The van der Waals surface area contributed by atoms with Crippen molar-refractivity contribution in [2.75, 3.05) is 14.2 Å². The van der Waals surface area contributed by atoms with Gasteiger partial charge < -0.3 is 9.47 Å². The van der Waals surface area contributed by atoms with Gasteiger partial charge in [-0.2, -0.15) is 4.98 Å². The lowest BCUT2D eigenvalue weighted by Gasteiger charge is -2.14. The van der Waals surface area contributed by atoms with Gasteiger partial charge in [-0.15, -0.1) is 11.8 Å². The van der Waals surface area contributed by atoms with Crippen molar-refractivity contribution in [3.8, 4) is 11.8 Å². The van der Waals surface area contributed by atoms with E-state index in [1.807, 2.05) is 0 Å². The number of rotatable bonds is 4. The van der Waals surface area contributed by atoms with Gasteiger partial charge in [0.1, 0.15) is 10.0 Å².